The summed E-state index contributed by atoms with van der Waals surface area (Å²) in [5.41, 5.74) is 0. The van der Waals surface area contributed by atoms with Crippen molar-refractivity contribution >= 4 is 36.8 Å². The van der Waals surface area contributed by atoms with E-state index in [-0.39, 0.29) is 13.0 Å². The molecule has 0 amide bonds. The van der Waals surface area contributed by atoms with Crippen LogP contribution in [0.5, 0.6) is 0 Å². The molecule has 0 aromatic carbocycles. The largest absolute Gasteiger partial charge is 0.479 e. The first-order chi connectivity index (χ1) is 18.1. The van der Waals surface area contributed by atoms with Crippen LogP contribution in [0.4, 0.5) is 0 Å². The highest BCUT2D eigenvalue weighted by Crippen LogP contribution is 2.32. The maximum Gasteiger partial charge on any atom is 0.397 e. The van der Waals surface area contributed by atoms with Crippen molar-refractivity contribution in [2.45, 2.75) is 76.1 Å². The van der Waals surface area contributed by atoms with Gasteiger partial charge in [0.15, 0.2) is 12.4 Å². The second-order valence-electron chi connectivity index (χ2n) is 9.29. The third-order valence-electron chi connectivity index (χ3n) is 5.54. The van der Waals surface area contributed by atoms with E-state index in [1.165, 1.54) is 6.92 Å². The van der Waals surface area contributed by atoms with Gasteiger partial charge in [-0.2, -0.15) is 30.0 Å². The average molecular weight is 650 g/mol. The van der Waals surface area contributed by atoms with Gasteiger partial charge in [-0.25, -0.2) is 8.98 Å². The molecule has 8 N–H and O–H groups in total. The second-order valence-corrected chi connectivity index (χ2v) is 13.1. The minimum atomic E-state index is -5.18. The number of carboxylic acids is 1. The summed E-state index contributed by atoms with van der Waals surface area (Å²) in [5.74, 6) is -5.31. The Balaban J connectivity index is 3.60. The molecule has 9 atom stereocenters. The summed E-state index contributed by atoms with van der Waals surface area (Å²) >= 11 is 0. The van der Waals surface area contributed by atoms with Gasteiger partial charge in [-0.05, 0) is 19.3 Å². The molecule has 0 saturated carbocycles. The van der Waals surface area contributed by atoms with E-state index in [0.29, 0.717) is 0 Å². The molecule has 1 heterocycles. The maximum absolute atomic E-state index is 11.8. The van der Waals surface area contributed by atoms with Crippen LogP contribution in [0.15, 0.2) is 0 Å². The van der Waals surface area contributed by atoms with E-state index in [1.54, 1.807) is 18.6 Å². The van der Waals surface area contributed by atoms with E-state index in [9.17, 15) is 59.6 Å². The summed E-state index contributed by atoms with van der Waals surface area (Å²) in [6.07, 6.45) is -15.0. The number of aliphatic hydroxyl groups is 3. The lowest BCUT2D eigenvalue weighted by molar-refractivity contribution is -0.307. The molecule has 1 fully saturated rings. The van der Waals surface area contributed by atoms with E-state index in [4.69, 9.17) is 18.8 Å². The first-order valence-electron chi connectivity index (χ1n) is 11.6. The van der Waals surface area contributed by atoms with E-state index < -0.39 is 110 Å². The number of hydrogen-bond acceptors (Lipinski definition) is 14. The molecule has 0 radical (unpaired) electrons. The number of rotatable bonds is 17. The predicted molar refractivity (Wildman–Crippen MR) is 130 cm³/mol. The van der Waals surface area contributed by atoms with Crippen molar-refractivity contribution in [2.24, 2.45) is 11.8 Å². The second kappa shape index (κ2) is 14.9. The molecule has 238 valence electrons. The van der Waals surface area contributed by atoms with Crippen molar-refractivity contribution < 1.29 is 82.5 Å². The van der Waals surface area contributed by atoms with Crippen molar-refractivity contribution in [1.29, 1.82) is 0 Å². The summed E-state index contributed by atoms with van der Waals surface area (Å²) in [6, 6.07) is -1.68. The quantitative estimate of drug-likeness (QED) is 0.0719. The topological polar surface area (TPSA) is 310 Å². The Labute approximate surface area is 231 Å². The van der Waals surface area contributed by atoms with Gasteiger partial charge in [-0.15, -0.1) is 0 Å². The van der Waals surface area contributed by atoms with E-state index in [2.05, 4.69) is 4.18 Å². The molecule has 1 saturated heterocycles. The van der Waals surface area contributed by atoms with Gasteiger partial charge in [0.05, 0.1) is 36.5 Å². The van der Waals surface area contributed by atoms with Gasteiger partial charge < -0.3 is 34.6 Å². The van der Waals surface area contributed by atoms with Gasteiger partial charge in [-0.3, -0.25) is 13.7 Å². The third-order valence-corrected chi connectivity index (χ3v) is 7.38. The minimum Gasteiger partial charge on any atom is -0.479 e. The van der Waals surface area contributed by atoms with Gasteiger partial charge in [0.2, 0.25) is 0 Å². The van der Waals surface area contributed by atoms with Crippen LogP contribution in [0.1, 0.15) is 27.2 Å². The summed E-state index contributed by atoms with van der Waals surface area (Å²) in [4.78, 5) is 11.8. The number of aliphatic carboxylic acids is 1. The maximum atomic E-state index is 11.8. The van der Waals surface area contributed by atoms with Crippen molar-refractivity contribution in [1.82, 2.24) is 4.72 Å². The fourth-order valence-corrected chi connectivity index (χ4v) is 5.80. The fraction of sp³-hybridized carbons (Fsp3) is 0.944. The average Bonchev–Trinajstić information content (AvgIpc) is 2.76. The van der Waals surface area contributed by atoms with Gasteiger partial charge in [0.1, 0.15) is 18.3 Å². The van der Waals surface area contributed by atoms with Crippen molar-refractivity contribution in [3.8, 4) is 0 Å². The molecule has 19 nitrogen and oxygen atoms in total. The van der Waals surface area contributed by atoms with Gasteiger partial charge in [-0.1, -0.05) is 13.8 Å². The summed E-state index contributed by atoms with van der Waals surface area (Å²) in [5, 5.41) is 41.9. The molecule has 0 aromatic rings. The number of hydrogen-bond donors (Lipinski definition) is 8. The SMILES string of the molecule is CCOC1C(C(=O)O)OC(OC(C(O)COS(=O)(=O)O)C(O)[C@@H](CC(C)C)NS(=O)(=O)O)C(CS(=O)(=O)O)C1O. The Morgan fingerprint density at radius 3 is 2.05 bits per heavy atom. The molecule has 0 aliphatic carbocycles. The van der Waals surface area contributed by atoms with Crippen LogP contribution in [0, 0.1) is 11.8 Å². The molecule has 0 spiro atoms. The molecular formula is C18H35NO18S3. The van der Waals surface area contributed by atoms with E-state index in [0.717, 1.165) is 0 Å². The number of carboxylic acid groups (broad SMARTS) is 1. The Morgan fingerprint density at radius 2 is 1.62 bits per heavy atom. The summed E-state index contributed by atoms with van der Waals surface area (Å²) in [7, 11) is -15.1. The monoisotopic (exact) mass is 649 g/mol. The van der Waals surface area contributed by atoms with Crippen LogP contribution < -0.4 is 4.72 Å². The van der Waals surface area contributed by atoms with Crippen LogP contribution in [0.3, 0.4) is 0 Å². The smallest absolute Gasteiger partial charge is 0.397 e. The van der Waals surface area contributed by atoms with Crippen molar-refractivity contribution in [3.05, 3.63) is 0 Å². The zero-order chi connectivity index (χ0) is 31.2. The number of aliphatic hydroxyl groups excluding tert-OH is 3. The summed E-state index contributed by atoms with van der Waals surface area (Å²) in [6.45, 7) is 3.02. The highest BCUT2D eigenvalue weighted by molar-refractivity contribution is 7.85. The lowest BCUT2D eigenvalue weighted by atomic mass is 9.91. The molecule has 8 unspecified atom stereocenters. The normalized spacial score (nSPS) is 27.7. The minimum absolute atomic E-state index is 0.176. The first-order valence-corrected chi connectivity index (χ1v) is 16.0. The molecule has 1 aliphatic heterocycles. The van der Waals surface area contributed by atoms with Crippen LogP contribution >= 0.6 is 0 Å². The number of ether oxygens (including phenoxy) is 3. The van der Waals surface area contributed by atoms with E-state index >= 15 is 0 Å². The Morgan fingerprint density at radius 1 is 1.05 bits per heavy atom. The number of carbonyl (C=O) groups is 1. The Hall–Kier alpha value is -1.12. The highest BCUT2D eigenvalue weighted by Gasteiger charge is 2.52. The van der Waals surface area contributed by atoms with E-state index in [1.807, 2.05) is 0 Å². The highest BCUT2D eigenvalue weighted by atomic mass is 32.3. The lowest BCUT2D eigenvalue weighted by Gasteiger charge is -2.44. The molecule has 0 bridgehead atoms. The van der Waals surface area contributed by atoms with Crippen LogP contribution in [-0.2, 0) is 54.0 Å². The molecule has 0 aromatic heterocycles. The fourth-order valence-electron chi connectivity index (χ4n) is 4.03. The summed E-state index contributed by atoms with van der Waals surface area (Å²) < 4.78 is 118. The van der Waals surface area contributed by atoms with Crippen molar-refractivity contribution in [3.63, 3.8) is 0 Å². The van der Waals surface area contributed by atoms with Crippen LogP contribution in [0.25, 0.3) is 0 Å². The standard InChI is InChI=1S/C18H35NO18S3/c1-4-34-15-12(21)9(7-38(25,26)27)18(37-16(15)17(23)24)36-14(11(20)6-35-40(31,32)33)13(22)10(5-8(2)3)19-39(28,29)30/h8-16,18-22H,4-7H2,1-3H3,(H,23,24)(H,25,26,27)(H,28,29,30)(H,31,32,33)/t9?,10-,11?,12?,13?,14?,15?,16?,18?/m1/s1. The molecule has 1 rings (SSSR count). The van der Waals surface area contributed by atoms with Gasteiger partial charge in [0.25, 0.3) is 10.1 Å². The Bertz CT molecular complexity index is 1140. The molecular weight excluding hydrogens is 614 g/mol. The Kier molecular flexibility index (Phi) is 13.7. The molecule has 1 aliphatic rings. The lowest BCUT2D eigenvalue weighted by Crippen LogP contribution is -2.62. The molecule has 22 heteroatoms. The molecule has 40 heavy (non-hydrogen) atoms. The van der Waals surface area contributed by atoms with Gasteiger partial charge in [0, 0.05) is 6.61 Å². The van der Waals surface area contributed by atoms with Crippen molar-refractivity contribution in [2.75, 3.05) is 19.0 Å². The zero-order valence-corrected chi connectivity index (χ0v) is 23.9. The third kappa shape index (κ3) is 12.4. The predicted octanol–water partition coefficient (Wildman–Crippen LogP) is -3.20. The van der Waals surface area contributed by atoms with Crippen LogP contribution in [0.2, 0.25) is 0 Å². The van der Waals surface area contributed by atoms with Gasteiger partial charge >= 0.3 is 26.7 Å². The number of nitrogens with one attached hydrogen (secondary N) is 1. The zero-order valence-electron chi connectivity index (χ0n) is 21.4. The first kappa shape index (κ1) is 36.9. The van der Waals surface area contributed by atoms with Crippen LogP contribution in [-0.4, -0.2) is 133 Å².